The van der Waals surface area contributed by atoms with Gasteiger partial charge in [-0.1, -0.05) is 49.4 Å². The van der Waals surface area contributed by atoms with Crippen molar-refractivity contribution >= 4 is 16.7 Å². The topological polar surface area (TPSA) is 41.1 Å². The molecule has 3 heteroatoms. The lowest BCUT2D eigenvalue weighted by Crippen LogP contribution is -2.33. The zero-order valence-corrected chi connectivity index (χ0v) is 13.1. The van der Waals surface area contributed by atoms with Crippen LogP contribution in [-0.2, 0) is 4.79 Å². The number of carbonyl (C=O) groups excluding carboxylic acids is 1. The van der Waals surface area contributed by atoms with Crippen LogP contribution in [0.4, 0.5) is 0 Å². The molecule has 2 unspecified atom stereocenters. The Balaban J connectivity index is 1.53. The largest absolute Gasteiger partial charge is 0.355 e. The molecule has 3 nitrogen and oxygen atoms in total. The molecule has 1 amide bonds. The molecule has 2 atom stereocenters. The first-order chi connectivity index (χ1) is 10.8. The summed E-state index contributed by atoms with van der Waals surface area (Å²) in [6.45, 7) is 4.73. The quantitative estimate of drug-likeness (QED) is 0.771. The number of hydrogen-bond donors (Lipinski definition) is 2. The van der Waals surface area contributed by atoms with Gasteiger partial charge in [-0.25, -0.2) is 0 Å². The van der Waals surface area contributed by atoms with Crippen LogP contribution in [0.2, 0.25) is 0 Å². The van der Waals surface area contributed by atoms with Gasteiger partial charge in [0.2, 0.25) is 5.91 Å². The molecular formula is C19H24N2O. The molecule has 1 fully saturated rings. The van der Waals surface area contributed by atoms with Gasteiger partial charge in [-0.2, -0.15) is 0 Å². The van der Waals surface area contributed by atoms with E-state index in [1.54, 1.807) is 0 Å². The molecule has 0 saturated heterocycles. The summed E-state index contributed by atoms with van der Waals surface area (Å²) in [6, 6.07) is 14.9. The summed E-state index contributed by atoms with van der Waals surface area (Å²) < 4.78 is 0. The molecule has 2 N–H and O–H groups in total. The molecule has 0 aromatic heterocycles. The number of nitrogens with one attached hydrogen (secondary N) is 2. The van der Waals surface area contributed by atoms with Crippen molar-refractivity contribution in [3.8, 4) is 0 Å². The summed E-state index contributed by atoms with van der Waals surface area (Å²) in [6.07, 6.45) is 2.10. The zero-order chi connectivity index (χ0) is 15.4. The molecule has 0 spiro atoms. The van der Waals surface area contributed by atoms with Crippen LogP contribution in [0.3, 0.4) is 0 Å². The van der Waals surface area contributed by atoms with Gasteiger partial charge in [-0.05, 0) is 41.6 Å². The predicted octanol–water partition coefficient (Wildman–Crippen LogP) is 3.06. The van der Waals surface area contributed by atoms with Gasteiger partial charge in [-0.15, -0.1) is 0 Å². The highest BCUT2D eigenvalue weighted by molar-refractivity contribution is 5.85. The van der Waals surface area contributed by atoms with Crippen LogP contribution >= 0.6 is 0 Å². The van der Waals surface area contributed by atoms with E-state index in [0.29, 0.717) is 5.92 Å². The van der Waals surface area contributed by atoms with E-state index in [9.17, 15) is 4.79 Å². The molecule has 22 heavy (non-hydrogen) atoms. The fraction of sp³-hybridized carbons (Fsp3) is 0.421. The van der Waals surface area contributed by atoms with Crippen LogP contribution in [0.25, 0.3) is 10.8 Å². The second kappa shape index (κ2) is 6.93. The van der Waals surface area contributed by atoms with Gasteiger partial charge in [0, 0.05) is 19.0 Å². The molecule has 0 heterocycles. The summed E-state index contributed by atoms with van der Waals surface area (Å²) in [7, 11) is 0. The lowest BCUT2D eigenvalue weighted by Gasteiger charge is -2.06. The second-order valence-corrected chi connectivity index (χ2v) is 6.10. The summed E-state index contributed by atoms with van der Waals surface area (Å²) >= 11 is 0. The average molecular weight is 296 g/mol. The Bertz CT molecular complexity index is 653. The van der Waals surface area contributed by atoms with Gasteiger partial charge >= 0.3 is 0 Å². The molecule has 2 aromatic carbocycles. The fourth-order valence-electron chi connectivity index (χ4n) is 3.00. The number of amides is 1. The highest BCUT2D eigenvalue weighted by Crippen LogP contribution is 2.48. The number of rotatable bonds is 7. The van der Waals surface area contributed by atoms with Gasteiger partial charge in [-0.3, -0.25) is 4.79 Å². The van der Waals surface area contributed by atoms with Crippen molar-refractivity contribution < 1.29 is 4.79 Å². The third-order valence-electron chi connectivity index (χ3n) is 4.36. The molecule has 1 aliphatic rings. The van der Waals surface area contributed by atoms with E-state index < -0.39 is 0 Å². The predicted molar refractivity (Wildman–Crippen MR) is 91.0 cm³/mol. The molecule has 116 valence electrons. The number of hydrogen-bond acceptors (Lipinski definition) is 2. The lowest BCUT2D eigenvalue weighted by atomic mass is 10.0. The first-order valence-electron chi connectivity index (χ1n) is 8.26. The van der Waals surface area contributed by atoms with E-state index in [-0.39, 0.29) is 11.8 Å². The van der Waals surface area contributed by atoms with Gasteiger partial charge in [0.15, 0.2) is 0 Å². The molecule has 0 bridgehead atoms. The molecule has 2 aromatic rings. The Morgan fingerprint density at radius 2 is 1.91 bits per heavy atom. The van der Waals surface area contributed by atoms with Crippen molar-refractivity contribution in [1.82, 2.24) is 10.6 Å². The van der Waals surface area contributed by atoms with E-state index in [1.165, 1.54) is 16.3 Å². The first kappa shape index (κ1) is 15.0. The molecular weight excluding hydrogens is 272 g/mol. The maximum Gasteiger partial charge on any atom is 0.223 e. The Morgan fingerprint density at radius 1 is 1.09 bits per heavy atom. The Kier molecular flexibility index (Phi) is 4.74. The number of carbonyl (C=O) groups is 1. The van der Waals surface area contributed by atoms with Crippen molar-refractivity contribution in [3.63, 3.8) is 0 Å². The van der Waals surface area contributed by atoms with Crippen LogP contribution in [0, 0.1) is 5.92 Å². The average Bonchev–Trinajstić information content (AvgIpc) is 3.35. The van der Waals surface area contributed by atoms with Crippen LogP contribution in [0.15, 0.2) is 42.5 Å². The van der Waals surface area contributed by atoms with E-state index in [2.05, 4.69) is 60.0 Å². The third kappa shape index (κ3) is 3.47. The van der Waals surface area contributed by atoms with Gasteiger partial charge in [0.25, 0.3) is 0 Å². The lowest BCUT2D eigenvalue weighted by molar-refractivity contribution is -0.122. The van der Waals surface area contributed by atoms with Crippen molar-refractivity contribution in [2.45, 2.75) is 25.7 Å². The number of fused-ring (bicyclic) bond motifs is 1. The Morgan fingerprint density at radius 3 is 2.73 bits per heavy atom. The minimum Gasteiger partial charge on any atom is -0.355 e. The van der Waals surface area contributed by atoms with E-state index in [4.69, 9.17) is 0 Å². The van der Waals surface area contributed by atoms with Crippen molar-refractivity contribution in [3.05, 3.63) is 48.0 Å². The summed E-state index contributed by atoms with van der Waals surface area (Å²) in [5.74, 6) is 0.761. The molecule has 0 radical (unpaired) electrons. The highest BCUT2D eigenvalue weighted by atomic mass is 16.2. The van der Waals surface area contributed by atoms with Crippen LogP contribution in [-0.4, -0.2) is 25.5 Å². The van der Waals surface area contributed by atoms with E-state index in [1.807, 2.05) is 0 Å². The molecule has 1 aliphatic carbocycles. The van der Waals surface area contributed by atoms with Crippen molar-refractivity contribution in [2.75, 3.05) is 19.6 Å². The first-order valence-corrected chi connectivity index (χ1v) is 8.26. The summed E-state index contributed by atoms with van der Waals surface area (Å²) in [5.41, 5.74) is 1.29. The van der Waals surface area contributed by atoms with E-state index in [0.717, 1.165) is 32.5 Å². The van der Waals surface area contributed by atoms with Crippen LogP contribution in [0.1, 0.15) is 31.2 Å². The van der Waals surface area contributed by atoms with Crippen LogP contribution < -0.4 is 10.6 Å². The molecule has 1 saturated carbocycles. The standard InChI is InChI=1S/C19H24N2O/c1-2-9-20-10-11-21-19(22)18-13-17(18)16-8-7-14-5-3-4-6-15(14)12-16/h3-8,12,17-18,20H,2,9-11,13H2,1H3,(H,21,22). The highest BCUT2D eigenvalue weighted by Gasteiger charge is 2.43. The minimum atomic E-state index is 0.160. The Hall–Kier alpha value is -1.87. The van der Waals surface area contributed by atoms with Gasteiger partial charge < -0.3 is 10.6 Å². The fourth-order valence-corrected chi connectivity index (χ4v) is 3.00. The number of benzene rings is 2. The van der Waals surface area contributed by atoms with Crippen molar-refractivity contribution in [2.24, 2.45) is 5.92 Å². The SMILES string of the molecule is CCCNCCNC(=O)C1CC1c1ccc2ccccc2c1. The maximum atomic E-state index is 12.1. The summed E-state index contributed by atoms with van der Waals surface area (Å²) in [5, 5.41) is 8.86. The molecule has 0 aliphatic heterocycles. The van der Waals surface area contributed by atoms with Crippen LogP contribution in [0.5, 0.6) is 0 Å². The molecule has 3 rings (SSSR count). The zero-order valence-electron chi connectivity index (χ0n) is 13.1. The van der Waals surface area contributed by atoms with Crippen molar-refractivity contribution in [1.29, 1.82) is 0 Å². The monoisotopic (exact) mass is 296 g/mol. The smallest absolute Gasteiger partial charge is 0.223 e. The van der Waals surface area contributed by atoms with Gasteiger partial charge in [0.1, 0.15) is 0 Å². The maximum absolute atomic E-state index is 12.1. The minimum absolute atomic E-state index is 0.160. The normalized spacial score (nSPS) is 20.0. The summed E-state index contributed by atoms with van der Waals surface area (Å²) in [4.78, 5) is 12.1. The van der Waals surface area contributed by atoms with Gasteiger partial charge in [0.05, 0.1) is 0 Å². The van der Waals surface area contributed by atoms with E-state index >= 15 is 0 Å². The Labute approximate surface area is 132 Å². The third-order valence-corrected chi connectivity index (χ3v) is 4.36. The second-order valence-electron chi connectivity index (χ2n) is 6.10.